The topological polar surface area (TPSA) is 196 Å². The summed E-state index contributed by atoms with van der Waals surface area (Å²) in [6, 6.07) is 4.46. The van der Waals surface area contributed by atoms with E-state index in [0.29, 0.717) is 32.6 Å². The maximum absolute atomic E-state index is 13.8. The zero-order valence-corrected chi connectivity index (χ0v) is 24.4. The highest BCUT2D eigenvalue weighted by molar-refractivity contribution is 6.31. The van der Waals surface area contributed by atoms with Gasteiger partial charge in [-0.3, -0.25) is 14.9 Å². The summed E-state index contributed by atoms with van der Waals surface area (Å²) in [4.78, 5) is 27.4. The molecule has 13 nitrogen and oxygen atoms in total. The van der Waals surface area contributed by atoms with Gasteiger partial charge in [-0.2, -0.15) is 0 Å². The monoisotopic (exact) mass is 611 g/mol. The van der Waals surface area contributed by atoms with E-state index >= 15 is 0 Å². The van der Waals surface area contributed by atoms with Crippen LogP contribution in [0.2, 0.25) is 0 Å². The van der Waals surface area contributed by atoms with Gasteiger partial charge in [-0.25, -0.2) is 0 Å². The fraction of sp³-hybridized carbons (Fsp3) is 0.516. The second-order valence-electron chi connectivity index (χ2n) is 11.6. The smallest absolute Gasteiger partial charge is 0.202 e. The first-order valence-corrected chi connectivity index (χ1v) is 14.6. The van der Waals surface area contributed by atoms with Crippen LogP contribution in [0.5, 0.6) is 17.2 Å². The van der Waals surface area contributed by atoms with Crippen molar-refractivity contribution >= 4 is 17.3 Å². The van der Waals surface area contributed by atoms with Gasteiger partial charge >= 0.3 is 0 Å². The molecule has 0 unspecified atom stereocenters. The summed E-state index contributed by atoms with van der Waals surface area (Å²) in [7, 11) is 1.35. The molecule has 2 aliphatic carbocycles. The van der Waals surface area contributed by atoms with Crippen molar-refractivity contribution in [1.29, 1.82) is 0 Å². The number of benzene rings is 2. The third kappa shape index (κ3) is 5.08. The molecule has 0 aromatic heterocycles. The number of aromatic hydroxyl groups is 2. The van der Waals surface area contributed by atoms with E-state index in [2.05, 4.69) is 5.32 Å². The van der Waals surface area contributed by atoms with Crippen LogP contribution in [0.4, 0.5) is 0 Å². The summed E-state index contributed by atoms with van der Waals surface area (Å²) in [6.07, 6.45) is -2.93. The molecule has 5 N–H and O–H groups in total. The maximum Gasteiger partial charge on any atom is 0.202 e. The lowest BCUT2D eigenvalue weighted by molar-refractivity contribution is -0.257. The third-order valence-electron chi connectivity index (χ3n) is 8.88. The van der Waals surface area contributed by atoms with Gasteiger partial charge in [0.05, 0.1) is 60.9 Å². The molecule has 2 aliphatic heterocycles. The fourth-order valence-electron chi connectivity index (χ4n) is 6.63. The molecule has 4 aliphatic rings. The Morgan fingerprint density at radius 2 is 1.89 bits per heavy atom. The number of aliphatic hydroxyl groups is 2. The van der Waals surface area contributed by atoms with E-state index in [1.165, 1.54) is 25.3 Å². The number of fused-ring (bicyclic) bond motifs is 3. The SMILES string of the molecule is COc1cccc2c1C(=O)c1c(O)c3c(c(O)c1C2=O)C[C@@](O)(C(=[N-])CO)C[C@@H]3O[C@H]1CC[C@H](O[C@@H]2COCCN2)[C@H](C)O1. The molecular weight excluding hydrogens is 576 g/mol. The third-order valence-corrected chi connectivity index (χ3v) is 8.88. The molecule has 44 heavy (non-hydrogen) atoms. The number of morpholine rings is 1. The molecule has 0 amide bonds. The number of ether oxygens (including phenoxy) is 5. The van der Waals surface area contributed by atoms with Crippen molar-refractivity contribution in [3.8, 4) is 17.2 Å². The molecule has 13 heteroatoms. The van der Waals surface area contributed by atoms with Gasteiger partial charge in [-0.05, 0) is 19.4 Å². The largest absolute Gasteiger partial charge is 0.807 e. The number of carbonyl (C=O) groups excluding carboxylic acids is 2. The number of hydrogen-bond acceptors (Lipinski definition) is 12. The summed E-state index contributed by atoms with van der Waals surface area (Å²) in [5, 5.41) is 58.0. The van der Waals surface area contributed by atoms with Gasteiger partial charge in [0.2, 0.25) is 5.78 Å². The zero-order chi connectivity index (χ0) is 31.3. The van der Waals surface area contributed by atoms with E-state index in [9.17, 15) is 35.4 Å². The number of ketones is 2. The standard InChI is InChI=1S/C31H35N2O11/c1-14-17(43-21-13-41-9-8-33-21)6-7-22(42-14)44-19-11-31(39,20(32)12-34)10-16-24(19)30(38)26-25(28(16)36)27(35)15-4-3-5-18(40-2)23(15)29(26)37/h3-5,14,17,19,21-22,33-34,36,38-39H,6-13H2,1-2H3/q-1/t14-,17-,19-,21+,22-,31-/m0/s1. The summed E-state index contributed by atoms with van der Waals surface area (Å²) >= 11 is 0. The molecule has 0 saturated carbocycles. The van der Waals surface area contributed by atoms with Crippen LogP contribution in [0, 0.1) is 0 Å². The van der Waals surface area contributed by atoms with Gasteiger partial charge in [-0.1, -0.05) is 12.1 Å². The van der Waals surface area contributed by atoms with Gasteiger partial charge in [0.15, 0.2) is 12.1 Å². The van der Waals surface area contributed by atoms with E-state index in [0.717, 1.165) is 0 Å². The van der Waals surface area contributed by atoms with Crippen molar-refractivity contribution in [2.75, 3.05) is 33.5 Å². The first-order chi connectivity index (χ1) is 21.1. The highest BCUT2D eigenvalue weighted by Gasteiger charge is 2.47. The van der Waals surface area contributed by atoms with Crippen LogP contribution in [0.1, 0.15) is 75.3 Å². The molecule has 2 heterocycles. The fourth-order valence-corrected chi connectivity index (χ4v) is 6.63. The minimum Gasteiger partial charge on any atom is -0.807 e. The number of rotatable bonds is 7. The minimum absolute atomic E-state index is 0.0171. The van der Waals surface area contributed by atoms with Crippen LogP contribution < -0.4 is 10.1 Å². The van der Waals surface area contributed by atoms with Gasteiger partial charge in [0, 0.05) is 49.1 Å². The summed E-state index contributed by atoms with van der Waals surface area (Å²) in [5.74, 6) is -2.55. The van der Waals surface area contributed by atoms with E-state index in [4.69, 9.17) is 23.7 Å². The second kappa shape index (κ2) is 11.8. The Morgan fingerprint density at radius 3 is 2.57 bits per heavy atom. The normalized spacial score (nSPS) is 29.9. The zero-order valence-electron chi connectivity index (χ0n) is 24.4. The molecule has 2 saturated heterocycles. The van der Waals surface area contributed by atoms with Crippen molar-refractivity contribution in [2.24, 2.45) is 0 Å². The van der Waals surface area contributed by atoms with Crippen LogP contribution in [-0.4, -0.2) is 102 Å². The lowest BCUT2D eigenvalue weighted by atomic mass is 9.71. The first-order valence-electron chi connectivity index (χ1n) is 14.6. The minimum atomic E-state index is -2.09. The number of hydrogen-bond donors (Lipinski definition) is 5. The van der Waals surface area contributed by atoms with E-state index < -0.39 is 77.0 Å². The molecule has 2 aromatic rings. The summed E-state index contributed by atoms with van der Waals surface area (Å²) in [6.45, 7) is 2.64. The highest BCUT2D eigenvalue weighted by atomic mass is 16.7. The van der Waals surface area contributed by atoms with E-state index in [1.807, 2.05) is 6.92 Å². The van der Waals surface area contributed by atoms with Crippen molar-refractivity contribution in [1.82, 2.24) is 5.32 Å². The molecule has 0 bridgehead atoms. The first kappa shape index (κ1) is 30.6. The summed E-state index contributed by atoms with van der Waals surface area (Å²) < 4.78 is 29.3. The number of nitrogens with one attached hydrogen (secondary N) is 1. The maximum atomic E-state index is 13.8. The van der Waals surface area contributed by atoms with E-state index in [1.54, 1.807) is 0 Å². The quantitative estimate of drug-likeness (QED) is 0.191. The Bertz CT molecular complexity index is 1500. The Morgan fingerprint density at radius 1 is 1.11 bits per heavy atom. The molecule has 2 aromatic carbocycles. The van der Waals surface area contributed by atoms with Crippen molar-refractivity contribution in [2.45, 2.75) is 69.0 Å². The van der Waals surface area contributed by atoms with Gasteiger partial charge in [-0.15, -0.1) is 5.71 Å². The number of phenolic OH excluding ortho intramolecular Hbond substituents is 2. The van der Waals surface area contributed by atoms with Crippen LogP contribution >= 0.6 is 0 Å². The Kier molecular flexibility index (Phi) is 8.22. The number of carbonyl (C=O) groups is 2. The van der Waals surface area contributed by atoms with E-state index in [-0.39, 0.29) is 46.8 Å². The van der Waals surface area contributed by atoms with Gasteiger partial charge in [0.25, 0.3) is 0 Å². The highest BCUT2D eigenvalue weighted by Crippen LogP contribution is 2.52. The van der Waals surface area contributed by atoms with Crippen molar-refractivity contribution in [3.05, 3.63) is 57.0 Å². The number of aliphatic hydroxyl groups excluding tert-OH is 1. The predicted molar refractivity (Wildman–Crippen MR) is 153 cm³/mol. The average molecular weight is 612 g/mol. The van der Waals surface area contributed by atoms with Crippen LogP contribution in [-0.2, 0) is 25.4 Å². The molecular formula is C31H35N2O11-. The van der Waals surface area contributed by atoms with Crippen LogP contribution in [0.15, 0.2) is 18.2 Å². The number of phenols is 2. The Labute approximate surface area is 253 Å². The Hall–Kier alpha value is -3.43. The lowest BCUT2D eigenvalue weighted by Gasteiger charge is -2.44. The van der Waals surface area contributed by atoms with Crippen molar-refractivity contribution in [3.63, 3.8) is 0 Å². The number of methoxy groups -OCH3 is 1. The molecule has 6 rings (SSSR count). The number of nitrogens with zero attached hydrogens (tertiary/aromatic N) is 1. The summed E-state index contributed by atoms with van der Waals surface area (Å²) in [5.41, 5.74) is -3.79. The molecule has 0 spiro atoms. The van der Waals surface area contributed by atoms with Gasteiger partial charge < -0.3 is 49.5 Å². The van der Waals surface area contributed by atoms with Crippen LogP contribution in [0.3, 0.4) is 0 Å². The Balaban J connectivity index is 1.36. The average Bonchev–Trinajstić information content (AvgIpc) is 3.02. The predicted octanol–water partition coefficient (Wildman–Crippen LogP) is 1.48. The molecule has 2 fully saturated rings. The molecule has 6 atom stereocenters. The second-order valence-corrected chi connectivity index (χ2v) is 11.6. The van der Waals surface area contributed by atoms with Crippen molar-refractivity contribution < 1.29 is 53.7 Å². The van der Waals surface area contributed by atoms with Crippen LogP contribution in [0.25, 0.3) is 5.41 Å². The lowest BCUT2D eigenvalue weighted by Crippen LogP contribution is -2.50. The van der Waals surface area contributed by atoms with Gasteiger partial charge in [0.1, 0.15) is 23.5 Å². The molecule has 0 radical (unpaired) electrons. The molecule has 236 valence electrons.